The Hall–Kier alpha value is -2.33. The number of hydrogen-bond donors (Lipinski definition) is 2. The number of Topliss-reactive ketones (excluding diaryl/α,β-unsaturated/α-hetero) is 1. The summed E-state index contributed by atoms with van der Waals surface area (Å²) >= 11 is 0. The van der Waals surface area contributed by atoms with Crippen LogP contribution in [0.2, 0.25) is 0 Å². The molecule has 4 heteroatoms. The highest BCUT2D eigenvalue weighted by molar-refractivity contribution is 6.09. The number of nitrogens with one attached hydrogen (secondary N) is 2. The summed E-state index contributed by atoms with van der Waals surface area (Å²) in [5.74, 6) is 1.96. The Kier molecular flexibility index (Phi) is 3.86. The SMILES string of the molecule is Cc1ccc(C[NH+](C)[C@H](C)C(=O)c2c[nH]c3ccccc23)o1. The summed E-state index contributed by atoms with van der Waals surface area (Å²) in [5.41, 5.74) is 1.76. The second-order valence-corrected chi connectivity index (χ2v) is 5.87. The maximum Gasteiger partial charge on any atom is 0.221 e. The first-order valence-corrected chi connectivity index (χ1v) is 7.54. The smallest absolute Gasteiger partial charge is 0.221 e. The average Bonchev–Trinajstić information content (AvgIpc) is 3.12. The fraction of sp³-hybridized carbons (Fsp3) is 0.278. The van der Waals surface area contributed by atoms with Crippen LogP contribution in [0.15, 0.2) is 47.0 Å². The maximum atomic E-state index is 12.8. The lowest BCUT2D eigenvalue weighted by Crippen LogP contribution is -3.12. The van der Waals surface area contributed by atoms with E-state index in [0.29, 0.717) is 6.54 Å². The van der Waals surface area contributed by atoms with Crippen LogP contribution in [0.5, 0.6) is 0 Å². The van der Waals surface area contributed by atoms with Gasteiger partial charge in [-0.2, -0.15) is 0 Å². The first-order valence-electron chi connectivity index (χ1n) is 7.54. The molecule has 0 aliphatic carbocycles. The van der Waals surface area contributed by atoms with E-state index in [0.717, 1.165) is 32.9 Å². The number of benzene rings is 1. The molecule has 2 atom stereocenters. The van der Waals surface area contributed by atoms with Gasteiger partial charge in [0.05, 0.1) is 7.05 Å². The number of aromatic amines is 1. The predicted octanol–water partition coefficient (Wildman–Crippen LogP) is 2.36. The Morgan fingerprint density at radius 1 is 1.27 bits per heavy atom. The van der Waals surface area contributed by atoms with Crippen LogP contribution in [0.25, 0.3) is 10.9 Å². The molecule has 0 spiro atoms. The number of furan rings is 1. The van der Waals surface area contributed by atoms with Crippen molar-refractivity contribution in [1.29, 1.82) is 0 Å². The van der Waals surface area contributed by atoms with Gasteiger partial charge in [0.2, 0.25) is 5.78 Å². The number of ketones is 1. The van der Waals surface area contributed by atoms with E-state index in [2.05, 4.69) is 4.98 Å². The van der Waals surface area contributed by atoms with Gasteiger partial charge >= 0.3 is 0 Å². The van der Waals surface area contributed by atoms with E-state index in [1.807, 2.05) is 63.5 Å². The molecule has 0 fully saturated rings. The van der Waals surface area contributed by atoms with Crippen LogP contribution in [0.1, 0.15) is 28.8 Å². The lowest BCUT2D eigenvalue weighted by Gasteiger charge is -2.19. The van der Waals surface area contributed by atoms with E-state index < -0.39 is 0 Å². The Bertz CT molecular complexity index is 800. The summed E-state index contributed by atoms with van der Waals surface area (Å²) in [6.07, 6.45) is 1.81. The van der Waals surface area contributed by atoms with Crippen LogP contribution in [0.4, 0.5) is 0 Å². The van der Waals surface area contributed by atoms with Gasteiger partial charge in [-0.15, -0.1) is 0 Å². The molecule has 0 saturated carbocycles. The average molecular weight is 297 g/mol. The van der Waals surface area contributed by atoms with Gasteiger partial charge in [-0.3, -0.25) is 4.79 Å². The molecule has 2 aromatic heterocycles. The van der Waals surface area contributed by atoms with Gasteiger partial charge in [0.25, 0.3) is 0 Å². The molecule has 0 bridgehead atoms. The first kappa shape index (κ1) is 14.6. The van der Waals surface area contributed by atoms with Gasteiger partial charge in [0.1, 0.15) is 18.3 Å². The summed E-state index contributed by atoms with van der Waals surface area (Å²) in [6.45, 7) is 4.59. The third-order valence-electron chi connectivity index (χ3n) is 4.24. The van der Waals surface area contributed by atoms with Crippen LogP contribution in [-0.4, -0.2) is 23.9 Å². The van der Waals surface area contributed by atoms with Crippen LogP contribution >= 0.6 is 0 Å². The van der Waals surface area contributed by atoms with E-state index in [1.165, 1.54) is 0 Å². The van der Waals surface area contributed by atoms with Crippen molar-refractivity contribution < 1.29 is 14.1 Å². The number of para-hydroxylation sites is 1. The molecule has 2 N–H and O–H groups in total. The number of H-pyrrole nitrogens is 1. The molecule has 2 heterocycles. The van der Waals surface area contributed by atoms with Gasteiger partial charge < -0.3 is 14.3 Å². The van der Waals surface area contributed by atoms with Crippen molar-refractivity contribution >= 4 is 16.7 Å². The van der Waals surface area contributed by atoms with Crippen LogP contribution < -0.4 is 4.90 Å². The lowest BCUT2D eigenvalue weighted by molar-refractivity contribution is -0.908. The topological polar surface area (TPSA) is 50.4 Å². The molecule has 0 aliphatic rings. The van der Waals surface area contributed by atoms with E-state index in [9.17, 15) is 4.79 Å². The summed E-state index contributed by atoms with van der Waals surface area (Å²) in [4.78, 5) is 17.1. The van der Waals surface area contributed by atoms with Crippen LogP contribution in [0, 0.1) is 6.92 Å². The number of aryl methyl sites for hydroxylation is 1. The third-order valence-corrected chi connectivity index (χ3v) is 4.24. The van der Waals surface area contributed by atoms with Gasteiger partial charge in [-0.05, 0) is 32.0 Å². The Morgan fingerprint density at radius 2 is 2.05 bits per heavy atom. The Labute approximate surface area is 129 Å². The molecule has 114 valence electrons. The zero-order valence-corrected chi connectivity index (χ0v) is 13.1. The Morgan fingerprint density at radius 3 is 2.77 bits per heavy atom. The normalized spacial score (nSPS) is 14.1. The van der Waals surface area contributed by atoms with Gasteiger partial charge in [0.15, 0.2) is 5.76 Å². The molecule has 0 radical (unpaired) electrons. The van der Waals surface area contributed by atoms with Crippen molar-refractivity contribution in [3.63, 3.8) is 0 Å². The summed E-state index contributed by atoms with van der Waals surface area (Å²) in [6, 6.07) is 11.7. The molecule has 3 rings (SSSR count). The van der Waals surface area contributed by atoms with Crippen molar-refractivity contribution in [2.45, 2.75) is 26.4 Å². The number of carbonyl (C=O) groups is 1. The molecule has 1 unspecified atom stereocenters. The van der Waals surface area contributed by atoms with E-state index in [4.69, 9.17) is 4.42 Å². The quantitative estimate of drug-likeness (QED) is 0.710. The summed E-state index contributed by atoms with van der Waals surface area (Å²) in [5, 5.41) is 0.987. The fourth-order valence-electron chi connectivity index (χ4n) is 2.74. The van der Waals surface area contributed by atoms with Crippen molar-refractivity contribution in [3.8, 4) is 0 Å². The van der Waals surface area contributed by atoms with E-state index >= 15 is 0 Å². The number of rotatable bonds is 5. The summed E-state index contributed by atoms with van der Waals surface area (Å²) < 4.78 is 5.61. The Balaban J connectivity index is 1.79. The molecule has 0 amide bonds. The fourth-order valence-corrected chi connectivity index (χ4v) is 2.74. The van der Waals surface area contributed by atoms with Gasteiger partial charge in [-0.25, -0.2) is 0 Å². The summed E-state index contributed by atoms with van der Waals surface area (Å²) in [7, 11) is 2.02. The highest BCUT2D eigenvalue weighted by atomic mass is 16.3. The highest BCUT2D eigenvalue weighted by Crippen LogP contribution is 2.18. The molecule has 4 nitrogen and oxygen atoms in total. The second kappa shape index (κ2) is 5.81. The number of likely N-dealkylation sites (N-methyl/N-ethyl adjacent to an activating group) is 1. The molecule has 0 aliphatic heterocycles. The van der Waals surface area contributed by atoms with E-state index in [-0.39, 0.29) is 11.8 Å². The minimum absolute atomic E-state index is 0.135. The van der Waals surface area contributed by atoms with Crippen molar-refractivity contribution in [2.75, 3.05) is 7.05 Å². The predicted molar refractivity (Wildman–Crippen MR) is 86.1 cm³/mol. The molecule has 1 aromatic carbocycles. The molecular weight excluding hydrogens is 276 g/mol. The molecule has 22 heavy (non-hydrogen) atoms. The van der Waals surface area contributed by atoms with Crippen LogP contribution in [-0.2, 0) is 6.54 Å². The van der Waals surface area contributed by atoms with Crippen molar-refractivity contribution in [1.82, 2.24) is 4.98 Å². The number of aromatic nitrogens is 1. The minimum atomic E-state index is -0.135. The van der Waals surface area contributed by atoms with Crippen LogP contribution in [0.3, 0.4) is 0 Å². The zero-order valence-electron chi connectivity index (χ0n) is 13.1. The van der Waals surface area contributed by atoms with Crippen molar-refractivity contribution in [3.05, 3.63) is 59.7 Å². The highest BCUT2D eigenvalue weighted by Gasteiger charge is 2.26. The third kappa shape index (κ3) is 2.70. The largest absolute Gasteiger partial charge is 0.460 e. The van der Waals surface area contributed by atoms with E-state index in [1.54, 1.807) is 0 Å². The number of quaternary nitrogens is 1. The van der Waals surface area contributed by atoms with Gasteiger partial charge in [-0.1, -0.05) is 18.2 Å². The lowest BCUT2D eigenvalue weighted by atomic mass is 10.0. The zero-order chi connectivity index (χ0) is 15.7. The monoisotopic (exact) mass is 297 g/mol. The standard InChI is InChI=1S/C18H20N2O2/c1-12-8-9-14(22-12)11-20(3)13(2)18(21)16-10-19-17-7-5-4-6-15(16)17/h4-10,13,19H,11H2,1-3H3/p+1/t13-/m1/s1. The first-order chi connectivity index (χ1) is 10.6. The number of fused-ring (bicyclic) bond motifs is 1. The molecular formula is C18H21N2O2+. The minimum Gasteiger partial charge on any atom is -0.460 e. The maximum absolute atomic E-state index is 12.8. The molecule has 3 aromatic rings. The number of carbonyl (C=O) groups excluding carboxylic acids is 1. The second-order valence-electron chi connectivity index (χ2n) is 5.87. The van der Waals surface area contributed by atoms with Crippen molar-refractivity contribution in [2.24, 2.45) is 0 Å². The van der Waals surface area contributed by atoms with Gasteiger partial charge in [0, 0.05) is 22.7 Å². The molecule has 0 saturated heterocycles. The number of hydrogen-bond acceptors (Lipinski definition) is 2.